The maximum absolute atomic E-state index is 15.4. The Bertz CT molecular complexity index is 2760. The summed E-state index contributed by atoms with van der Waals surface area (Å²) in [7, 11) is 1.79. The molecule has 0 unspecified atom stereocenters. The lowest BCUT2D eigenvalue weighted by molar-refractivity contribution is -0.140. The van der Waals surface area contributed by atoms with Gasteiger partial charge in [0.25, 0.3) is 0 Å². The first-order valence-corrected chi connectivity index (χ1v) is 26.4. The van der Waals surface area contributed by atoms with E-state index in [0.717, 1.165) is 30.2 Å². The molecule has 0 aliphatic rings. The highest BCUT2D eigenvalue weighted by atomic mass is 19.1. The number of rotatable bonds is 31. The lowest BCUT2D eigenvalue weighted by atomic mass is 9.82. The summed E-state index contributed by atoms with van der Waals surface area (Å²) < 4.78 is 31.9. The molecule has 2 aromatic carbocycles. The monoisotopic (exact) mass is 1110 g/mol. The third-order valence-electron chi connectivity index (χ3n) is 12.8. The number of carbonyl (C=O) groups is 9. The molecule has 9 amide bonds. The highest BCUT2D eigenvalue weighted by molar-refractivity contribution is 5.97. The van der Waals surface area contributed by atoms with Gasteiger partial charge in [-0.1, -0.05) is 51.1 Å². The van der Waals surface area contributed by atoms with Crippen LogP contribution >= 0.6 is 0 Å². The molecule has 0 fully saturated rings. The van der Waals surface area contributed by atoms with Gasteiger partial charge in [0.15, 0.2) is 0 Å². The second-order valence-corrected chi connectivity index (χ2v) is 20.5. The maximum Gasteiger partial charge on any atom is 0.248 e. The first kappa shape index (κ1) is 64.4. The average molecular weight is 1120 g/mol. The van der Waals surface area contributed by atoms with Crippen molar-refractivity contribution in [2.75, 3.05) is 39.8 Å². The van der Waals surface area contributed by atoms with Crippen LogP contribution < -0.4 is 48.3 Å². The Labute approximate surface area is 464 Å². The summed E-state index contributed by atoms with van der Waals surface area (Å²) >= 11 is 0. The van der Waals surface area contributed by atoms with Gasteiger partial charge in [-0.2, -0.15) is 0 Å². The van der Waals surface area contributed by atoms with Crippen LogP contribution in [-0.4, -0.2) is 143 Å². The van der Waals surface area contributed by atoms with Gasteiger partial charge in [-0.25, -0.2) is 8.78 Å². The Kier molecular flexibility index (Phi) is 25.3. The quantitative estimate of drug-likeness (QED) is 0.0320. The van der Waals surface area contributed by atoms with E-state index in [1.807, 2.05) is 51.1 Å². The average Bonchev–Trinajstić information content (AvgIpc) is 3.82. The number of unbranched alkanes of at least 4 members (excludes halogenated alkanes) is 1. The number of aliphatic hydroxyl groups is 1. The SMILES string of the molecule is CNCCCC[C@H](NC(C)=O)C(=O)NCCNC(=O)[C@H](CCN(C(=O)CO)[C@@H](c1cc(-c2cc(F)ccc2F)cn1Cc1ccccc1)C(C)(C)C)NC(=O)[C@H](CC(N)=O)NC(=O)[C@@H](C)NC(=O)[C@H](C)NC(=O)Cc1ccncc1. The second-order valence-electron chi connectivity index (χ2n) is 20.5. The fourth-order valence-corrected chi connectivity index (χ4v) is 8.85. The van der Waals surface area contributed by atoms with Crippen LogP contribution in [0.4, 0.5) is 8.78 Å². The zero-order valence-corrected chi connectivity index (χ0v) is 46.3. The molecule has 4 rings (SSSR count). The predicted molar refractivity (Wildman–Crippen MR) is 293 cm³/mol. The van der Waals surface area contributed by atoms with Crippen LogP contribution in [0.15, 0.2) is 85.3 Å². The second kappa shape index (κ2) is 31.5. The molecular formula is C56H76F2N12O10. The molecule has 0 spiro atoms. The Morgan fingerprint density at radius 3 is 1.93 bits per heavy atom. The number of primary amides is 1. The van der Waals surface area contributed by atoms with Crippen molar-refractivity contribution in [2.24, 2.45) is 11.1 Å². The number of benzene rings is 2. The number of nitrogens with one attached hydrogen (secondary N) is 8. The number of hydrogen-bond acceptors (Lipinski definition) is 12. The smallest absolute Gasteiger partial charge is 0.248 e. The minimum atomic E-state index is -1.73. The number of aliphatic hydroxyl groups excluding tert-OH is 1. The number of nitrogens with zero attached hydrogens (tertiary/aromatic N) is 3. The number of aromatic nitrogens is 2. The van der Waals surface area contributed by atoms with Gasteiger partial charge in [-0.3, -0.25) is 48.1 Å². The fraction of sp³-hybridized carbons (Fsp3) is 0.464. The highest BCUT2D eigenvalue weighted by Gasteiger charge is 2.39. The van der Waals surface area contributed by atoms with E-state index in [1.165, 1.54) is 38.1 Å². The summed E-state index contributed by atoms with van der Waals surface area (Å²) in [5.41, 5.74) is 6.79. The van der Waals surface area contributed by atoms with Crippen molar-refractivity contribution < 1.29 is 57.0 Å². The van der Waals surface area contributed by atoms with E-state index < -0.39 is 119 Å². The fourth-order valence-electron chi connectivity index (χ4n) is 8.85. The molecule has 4 aromatic rings. The van der Waals surface area contributed by atoms with Gasteiger partial charge in [0, 0.05) is 68.5 Å². The van der Waals surface area contributed by atoms with Crippen LogP contribution in [0.3, 0.4) is 0 Å². The van der Waals surface area contributed by atoms with Crippen molar-refractivity contribution >= 4 is 53.2 Å². The Morgan fingerprint density at radius 2 is 1.32 bits per heavy atom. The number of hydrogen-bond donors (Lipinski definition) is 10. The standard InChI is InChI=1S/C56H76F2N12O10/c1-34(64-48(74)27-37-18-22-61-23-19-37)51(76)65-35(2)52(77)68-45(30-47(59)73)55(80)67-44(54(79)63-25-24-62-53(78)43(66-36(3)72)15-11-12-21-60-7)20-26-70(49(75)33-71)50(56(4,5)6)46-28-39(41-29-40(57)16-17-42(41)58)32-69(46)31-38-13-9-8-10-14-38/h8-10,13-14,16-19,22-23,28-29,32,34-35,43-45,50,60,71H,11-12,15,20-21,24-27,30-31,33H2,1-7H3,(H2,59,73)(H,62,78)(H,63,79)(H,64,74)(H,65,76)(H,66,72)(H,67,80)(H,68,77)/t34-,35+,43-,44-,45-,50-/m0/s1. The topological polar surface area (TPSA) is 317 Å². The van der Waals surface area contributed by atoms with E-state index in [9.17, 15) is 52.6 Å². The van der Waals surface area contributed by atoms with E-state index in [4.69, 9.17) is 5.73 Å². The van der Waals surface area contributed by atoms with Crippen LogP contribution in [-0.2, 0) is 56.1 Å². The predicted octanol–water partition coefficient (Wildman–Crippen LogP) is 1.40. The summed E-state index contributed by atoms with van der Waals surface area (Å²) in [5, 5.41) is 31.5. The number of carbonyl (C=O) groups excluding carboxylic acids is 9. The summed E-state index contributed by atoms with van der Waals surface area (Å²) in [6, 6.07) is 9.56. The first-order valence-electron chi connectivity index (χ1n) is 26.4. The van der Waals surface area contributed by atoms with Gasteiger partial charge < -0.3 is 62.8 Å². The van der Waals surface area contributed by atoms with Gasteiger partial charge in [-0.15, -0.1) is 0 Å². The zero-order valence-electron chi connectivity index (χ0n) is 46.3. The molecule has 434 valence electrons. The van der Waals surface area contributed by atoms with Crippen LogP contribution in [0, 0.1) is 17.0 Å². The Hall–Kier alpha value is -8.12. The molecule has 0 aliphatic carbocycles. The Balaban J connectivity index is 1.66. The summed E-state index contributed by atoms with van der Waals surface area (Å²) in [5.74, 6) is -8.28. The van der Waals surface area contributed by atoms with Gasteiger partial charge in [-0.05, 0) is 106 Å². The largest absolute Gasteiger partial charge is 0.387 e. The Morgan fingerprint density at radius 1 is 0.713 bits per heavy atom. The van der Waals surface area contributed by atoms with Crippen LogP contribution in [0.25, 0.3) is 11.1 Å². The number of halogens is 2. The number of amides is 9. The lowest BCUT2D eigenvalue weighted by Crippen LogP contribution is -2.58. The molecule has 0 saturated carbocycles. The molecular weight excluding hydrogens is 1040 g/mol. The molecule has 2 aromatic heterocycles. The minimum Gasteiger partial charge on any atom is -0.387 e. The van der Waals surface area contributed by atoms with Crippen molar-refractivity contribution in [1.29, 1.82) is 0 Å². The molecule has 24 heteroatoms. The van der Waals surface area contributed by atoms with E-state index in [2.05, 4.69) is 47.5 Å². The lowest BCUT2D eigenvalue weighted by Gasteiger charge is -2.41. The van der Waals surface area contributed by atoms with Gasteiger partial charge in [0.1, 0.15) is 48.5 Å². The molecule has 2 heterocycles. The van der Waals surface area contributed by atoms with E-state index in [-0.39, 0.29) is 50.1 Å². The molecule has 0 bridgehead atoms. The van der Waals surface area contributed by atoms with E-state index >= 15 is 4.39 Å². The molecule has 6 atom stereocenters. The first-order chi connectivity index (χ1) is 37.9. The summed E-state index contributed by atoms with van der Waals surface area (Å²) in [6.45, 7) is 8.63. The normalized spacial score (nSPS) is 13.5. The number of pyridine rings is 1. The molecule has 0 aliphatic heterocycles. The molecule has 80 heavy (non-hydrogen) atoms. The van der Waals surface area contributed by atoms with Crippen molar-refractivity contribution in [1.82, 2.24) is 57.0 Å². The molecule has 0 radical (unpaired) electrons. The third-order valence-corrected chi connectivity index (χ3v) is 12.8. The minimum absolute atomic E-state index is 0.0509. The summed E-state index contributed by atoms with van der Waals surface area (Å²) in [4.78, 5) is 125. The maximum atomic E-state index is 15.4. The molecule has 0 saturated heterocycles. The molecule has 22 nitrogen and oxygen atoms in total. The molecule has 11 N–H and O–H groups in total. The highest BCUT2D eigenvalue weighted by Crippen LogP contribution is 2.41. The van der Waals surface area contributed by atoms with Gasteiger partial charge >= 0.3 is 0 Å². The van der Waals surface area contributed by atoms with Gasteiger partial charge in [0.05, 0.1) is 18.9 Å². The van der Waals surface area contributed by atoms with Crippen LogP contribution in [0.2, 0.25) is 0 Å². The van der Waals surface area contributed by atoms with Crippen molar-refractivity contribution in [3.05, 3.63) is 114 Å². The number of nitrogens with two attached hydrogens (primary N) is 1. The van der Waals surface area contributed by atoms with E-state index in [1.54, 1.807) is 36.0 Å². The van der Waals surface area contributed by atoms with Crippen LogP contribution in [0.5, 0.6) is 0 Å². The van der Waals surface area contributed by atoms with Gasteiger partial charge in [0.2, 0.25) is 53.2 Å². The van der Waals surface area contributed by atoms with Crippen molar-refractivity contribution in [2.45, 2.75) is 123 Å². The van der Waals surface area contributed by atoms with Crippen molar-refractivity contribution in [3.8, 4) is 11.1 Å². The van der Waals surface area contributed by atoms with Crippen molar-refractivity contribution in [3.63, 3.8) is 0 Å². The van der Waals surface area contributed by atoms with E-state index in [0.29, 0.717) is 30.6 Å². The summed E-state index contributed by atoms with van der Waals surface area (Å²) in [6.07, 6.45) is 5.14. The zero-order chi connectivity index (χ0) is 59.1. The third kappa shape index (κ3) is 20.6. The van der Waals surface area contributed by atoms with Crippen LogP contribution in [0.1, 0.15) is 96.5 Å².